The number of rotatable bonds is 4. The number of fused-ring (bicyclic) bond motifs is 1. The highest BCUT2D eigenvalue weighted by atomic mass is 32.1. The Morgan fingerprint density at radius 3 is 2.74 bits per heavy atom. The van der Waals surface area contributed by atoms with Gasteiger partial charge < -0.3 is 5.11 Å². The van der Waals surface area contributed by atoms with Crippen molar-refractivity contribution < 1.29 is 9.90 Å². The van der Waals surface area contributed by atoms with Gasteiger partial charge >= 0.3 is 0 Å². The van der Waals surface area contributed by atoms with Crippen LogP contribution in [0, 0.1) is 0 Å². The number of nitrogens with one attached hydrogen (secondary N) is 1. The third kappa shape index (κ3) is 3.86. The molecule has 0 unspecified atom stereocenters. The van der Waals surface area contributed by atoms with Crippen molar-refractivity contribution in [1.82, 2.24) is 9.97 Å². The zero-order chi connectivity index (χ0) is 18.6. The van der Waals surface area contributed by atoms with E-state index in [4.69, 9.17) is 0 Å². The smallest absolute Gasteiger partial charge is 0.250 e. The highest BCUT2D eigenvalue weighted by Crippen LogP contribution is 2.26. The standard InChI is InChI=1S/C21H15N3O2S/c25-16-8-5-15(6-9-16)19-13-27-21(23-19)24-20(26)10-7-14-11-12-22-18-4-2-1-3-17(14)18/h1-13,25H,(H,23,24,26)/b10-7+. The molecule has 2 aromatic heterocycles. The maximum absolute atomic E-state index is 12.2. The minimum absolute atomic E-state index is 0.205. The van der Waals surface area contributed by atoms with Gasteiger partial charge in [0.15, 0.2) is 5.13 Å². The number of hydrogen-bond donors (Lipinski definition) is 2. The van der Waals surface area contributed by atoms with Gasteiger partial charge in [-0.1, -0.05) is 18.2 Å². The van der Waals surface area contributed by atoms with E-state index in [1.165, 1.54) is 17.4 Å². The second kappa shape index (κ2) is 7.39. The van der Waals surface area contributed by atoms with E-state index in [1.807, 2.05) is 35.7 Å². The highest BCUT2D eigenvalue weighted by molar-refractivity contribution is 7.14. The molecule has 0 atom stereocenters. The van der Waals surface area contributed by atoms with Crippen molar-refractivity contribution >= 4 is 39.4 Å². The average molecular weight is 373 g/mol. The Bertz CT molecular complexity index is 1130. The number of pyridine rings is 1. The van der Waals surface area contributed by atoms with Gasteiger partial charge in [0, 0.05) is 28.6 Å². The number of anilines is 1. The first-order chi connectivity index (χ1) is 13.2. The number of aromatic hydroxyl groups is 1. The van der Waals surface area contributed by atoms with Crippen molar-refractivity contribution in [2.24, 2.45) is 0 Å². The Hall–Kier alpha value is -3.51. The van der Waals surface area contributed by atoms with Gasteiger partial charge in [-0.25, -0.2) is 4.98 Å². The summed E-state index contributed by atoms with van der Waals surface area (Å²) < 4.78 is 0. The van der Waals surface area contributed by atoms with Gasteiger partial charge in [0.1, 0.15) is 5.75 Å². The summed E-state index contributed by atoms with van der Waals surface area (Å²) in [4.78, 5) is 21.0. The lowest BCUT2D eigenvalue weighted by Crippen LogP contribution is -2.07. The molecule has 132 valence electrons. The van der Waals surface area contributed by atoms with Crippen LogP contribution in [0.25, 0.3) is 28.2 Å². The zero-order valence-electron chi connectivity index (χ0n) is 14.2. The van der Waals surface area contributed by atoms with Crippen LogP contribution in [0.5, 0.6) is 5.75 Å². The zero-order valence-corrected chi connectivity index (χ0v) is 15.0. The highest BCUT2D eigenvalue weighted by Gasteiger charge is 2.07. The SMILES string of the molecule is O=C(/C=C/c1ccnc2ccccc12)Nc1nc(-c2ccc(O)cc2)cs1. The van der Waals surface area contributed by atoms with Gasteiger partial charge in [-0.05, 0) is 48.0 Å². The molecule has 27 heavy (non-hydrogen) atoms. The van der Waals surface area contributed by atoms with Crippen LogP contribution in [0.3, 0.4) is 0 Å². The van der Waals surface area contributed by atoms with Crippen molar-refractivity contribution in [3.63, 3.8) is 0 Å². The fourth-order valence-corrected chi connectivity index (χ4v) is 3.39. The lowest BCUT2D eigenvalue weighted by atomic mass is 10.1. The predicted octanol–water partition coefficient (Wildman–Crippen LogP) is 4.72. The number of phenols is 1. The number of nitrogens with zero attached hydrogens (tertiary/aromatic N) is 2. The van der Waals surface area contributed by atoms with E-state index >= 15 is 0 Å². The molecule has 0 aliphatic rings. The van der Waals surface area contributed by atoms with Crippen LogP contribution in [0.15, 0.2) is 72.3 Å². The van der Waals surface area contributed by atoms with E-state index < -0.39 is 0 Å². The molecule has 0 aliphatic heterocycles. The van der Waals surface area contributed by atoms with E-state index in [1.54, 1.807) is 36.5 Å². The molecule has 1 amide bonds. The van der Waals surface area contributed by atoms with Crippen molar-refractivity contribution in [3.8, 4) is 17.0 Å². The van der Waals surface area contributed by atoms with Crippen molar-refractivity contribution in [3.05, 3.63) is 77.8 Å². The quantitative estimate of drug-likeness (QED) is 0.508. The van der Waals surface area contributed by atoms with Gasteiger partial charge in [0.05, 0.1) is 11.2 Å². The van der Waals surface area contributed by atoms with Crippen LogP contribution in [0.2, 0.25) is 0 Å². The fraction of sp³-hybridized carbons (Fsp3) is 0. The predicted molar refractivity (Wildman–Crippen MR) is 109 cm³/mol. The number of benzene rings is 2. The van der Waals surface area contributed by atoms with Crippen LogP contribution in [0.1, 0.15) is 5.56 Å². The molecule has 0 bridgehead atoms. The summed E-state index contributed by atoms with van der Waals surface area (Å²) in [5.41, 5.74) is 3.45. The molecule has 0 radical (unpaired) electrons. The molecule has 6 heteroatoms. The number of amides is 1. The number of phenolic OH excluding ortho intramolecular Hbond substituents is 1. The summed E-state index contributed by atoms with van der Waals surface area (Å²) in [7, 11) is 0. The maximum atomic E-state index is 12.2. The molecule has 0 saturated heterocycles. The van der Waals surface area contributed by atoms with Crippen LogP contribution < -0.4 is 5.32 Å². The molecule has 0 fully saturated rings. The third-order valence-corrected chi connectivity index (χ3v) is 4.75. The molecule has 2 N–H and O–H groups in total. The van der Waals surface area contributed by atoms with Gasteiger partial charge in [0.2, 0.25) is 5.91 Å². The molecular weight excluding hydrogens is 358 g/mol. The van der Waals surface area contributed by atoms with Crippen LogP contribution in [-0.4, -0.2) is 21.0 Å². The summed E-state index contributed by atoms with van der Waals surface area (Å²) in [5.74, 6) is -0.0428. The largest absolute Gasteiger partial charge is 0.508 e. The summed E-state index contributed by atoms with van der Waals surface area (Å²) in [6.07, 6.45) is 4.99. The number of thiazole rings is 1. The second-order valence-electron chi connectivity index (χ2n) is 5.82. The second-order valence-corrected chi connectivity index (χ2v) is 6.68. The van der Waals surface area contributed by atoms with E-state index in [9.17, 15) is 9.90 Å². The molecular formula is C21H15N3O2S. The van der Waals surface area contributed by atoms with Crippen LogP contribution in [-0.2, 0) is 4.79 Å². The van der Waals surface area contributed by atoms with Gasteiger partial charge in [-0.2, -0.15) is 0 Å². The first kappa shape index (κ1) is 16.9. The Morgan fingerprint density at radius 1 is 1.07 bits per heavy atom. The van der Waals surface area contributed by atoms with Crippen molar-refractivity contribution in [2.45, 2.75) is 0 Å². The Labute approximate surface area is 159 Å². The molecule has 2 aromatic carbocycles. The molecule has 4 aromatic rings. The Balaban J connectivity index is 1.48. The monoisotopic (exact) mass is 373 g/mol. The van der Waals surface area contributed by atoms with Crippen molar-refractivity contribution in [1.29, 1.82) is 0 Å². The van der Waals surface area contributed by atoms with E-state index in [0.717, 1.165) is 27.7 Å². The summed E-state index contributed by atoms with van der Waals surface area (Å²) in [6, 6.07) is 16.4. The topological polar surface area (TPSA) is 75.1 Å². The molecule has 2 heterocycles. The first-order valence-corrected chi connectivity index (χ1v) is 9.15. The van der Waals surface area contributed by atoms with E-state index in [-0.39, 0.29) is 11.7 Å². The van der Waals surface area contributed by atoms with Gasteiger partial charge in [0.25, 0.3) is 0 Å². The van der Waals surface area contributed by atoms with Gasteiger partial charge in [-0.3, -0.25) is 15.1 Å². The fourth-order valence-electron chi connectivity index (χ4n) is 2.67. The third-order valence-electron chi connectivity index (χ3n) is 3.99. The summed E-state index contributed by atoms with van der Waals surface area (Å²) in [5, 5.41) is 15.5. The summed E-state index contributed by atoms with van der Waals surface area (Å²) >= 11 is 1.35. The summed E-state index contributed by atoms with van der Waals surface area (Å²) in [6.45, 7) is 0. The van der Waals surface area contributed by atoms with E-state index in [2.05, 4.69) is 15.3 Å². The maximum Gasteiger partial charge on any atom is 0.250 e. The average Bonchev–Trinajstić information content (AvgIpc) is 3.15. The molecule has 4 rings (SSSR count). The lowest BCUT2D eigenvalue weighted by Gasteiger charge is -2.01. The van der Waals surface area contributed by atoms with E-state index in [0.29, 0.717) is 5.13 Å². The minimum atomic E-state index is -0.248. The number of hydrogen-bond acceptors (Lipinski definition) is 5. The number of aromatic nitrogens is 2. The molecule has 0 aliphatic carbocycles. The Morgan fingerprint density at radius 2 is 1.89 bits per heavy atom. The van der Waals surface area contributed by atoms with Crippen molar-refractivity contribution in [2.75, 3.05) is 5.32 Å². The number of carbonyl (C=O) groups excluding carboxylic acids is 1. The molecule has 5 nitrogen and oxygen atoms in total. The normalized spacial score (nSPS) is 11.1. The molecule has 0 spiro atoms. The first-order valence-electron chi connectivity index (χ1n) is 8.27. The lowest BCUT2D eigenvalue weighted by molar-refractivity contribution is -0.111. The molecule has 0 saturated carbocycles. The van der Waals surface area contributed by atoms with Crippen LogP contribution >= 0.6 is 11.3 Å². The Kier molecular flexibility index (Phi) is 4.63. The number of carbonyl (C=O) groups is 1. The van der Waals surface area contributed by atoms with Gasteiger partial charge in [-0.15, -0.1) is 11.3 Å². The number of para-hydroxylation sites is 1. The van der Waals surface area contributed by atoms with Crippen LogP contribution in [0.4, 0.5) is 5.13 Å². The minimum Gasteiger partial charge on any atom is -0.508 e.